The Labute approximate surface area is 246 Å². The minimum absolute atomic E-state index is 0.00768. The molecule has 0 radical (unpaired) electrons. The molecule has 41 heavy (non-hydrogen) atoms. The molecular formula is C30H26ClFN4O3S2. The topological polar surface area (TPSA) is 77.2 Å². The van der Waals surface area contributed by atoms with Gasteiger partial charge < -0.3 is 9.47 Å². The third-order valence-corrected chi connectivity index (χ3v) is 10.1. The van der Waals surface area contributed by atoms with Gasteiger partial charge in [0.15, 0.2) is 5.65 Å². The minimum Gasteiger partial charge on any atom is -0.369 e. The Kier molecular flexibility index (Phi) is 7.39. The van der Waals surface area contributed by atoms with Crippen molar-refractivity contribution in [1.29, 1.82) is 0 Å². The van der Waals surface area contributed by atoms with Gasteiger partial charge in [-0.2, -0.15) is 11.8 Å². The van der Waals surface area contributed by atoms with E-state index in [9.17, 15) is 17.6 Å². The van der Waals surface area contributed by atoms with Gasteiger partial charge >= 0.3 is 0 Å². The van der Waals surface area contributed by atoms with Crippen molar-refractivity contribution in [3.63, 3.8) is 0 Å². The zero-order chi connectivity index (χ0) is 28.7. The lowest BCUT2D eigenvalue weighted by Gasteiger charge is -2.28. The van der Waals surface area contributed by atoms with Crippen LogP contribution >= 0.6 is 23.4 Å². The Morgan fingerprint density at radius 2 is 1.80 bits per heavy atom. The first-order valence-corrected chi connectivity index (χ1v) is 16.0. The predicted molar refractivity (Wildman–Crippen MR) is 163 cm³/mol. The molecule has 0 saturated carbocycles. The van der Waals surface area contributed by atoms with Crippen LogP contribution in [0, 0.1) is 12.7 Å². The van der Waals surface area contributed by atoms with Crippen LogP contribution in [-0.4, -0.2) is 46.5 Å². The van der Waals surface area contributed by atoms with E-state index in [2.05, 4.69) is 9.88 Å². The third kappa shape index (κ3) is 5.27. The molecule has 0 aliphatic carbocycles. The fourth-order valence-electron chi connectivity index (χ4n) is 4.96. The van der Waals surface area contributed by atoms with E-state index in [1.807, 2.05) is 24.8 Å². The largest absolute Gasteiger partial charge is 0.369 e. The molecule has 11 heteroatoms. The molecule has 0 amide bonds. The van der Waals surface area contributed by atoms with Crippen LogP contribution < -0.4 is 10.5 Å². The molecule has 2 aromatic carbocycles. The standard InChI is InChI=1S/C30H26ClFN4O3S2/c1-20-5-7-24(8-6-20)41(38,39)36-19-26(25-16-23(17-33-30(25)36)34-11-13-40-14-12-34)21-9-10-35(28(37)15-21)18-22-3-2-4-27(31)29(22)32/h2-10,15-17,19H,11-14,18H2,1H3. The molecule has 7 nitrogen and oxygen atoms in total. The molecule has 1 fully saturated rings. The second kappa shape index (κ2) is 11.0. The van der Waals surface area contributed by atoms with E-state index in [4.69, 9.17) is 11.6 Å². The number of rotatable bonds is 6. The molecule has 4 heterocycles. The molecule has 210 valence electrons. The summed E-state index contributed by atoms with van der Waals surface area (Å²) in [4.78, 5) is 20.2. The van der Waals surface area contributed by atoms with E-state index in [1.54, 1.807) is 54.9 Å². The molecule has 6 rings (SSSR count). The molecule has 5 aromatic rings. The van der Waals surface area contributed by atoms with Gasteiger partial charge in [-0.15, -0.1) is 0 Å². The number of pyridine rings is 2. The highest BCUT2D eigenvalue weighted by molar-refractivity contribution is 7.99. The van der Waals surface area contributed by atoms with Gasteiger partial charge in [0.1, 0.15) is 5.82 Å². The van der Waals surface area contributed by atoms with Gasteiger partial charge in [0.2, 0.25) is 0 Å². The van der Waals surface area contributed by atoms with Gasteiger partial charge in [-0.25, -0.2) is 21.8 Å². The number of aromatic nitrogens is 3. The van der Waals surface area contributed by atoms with Crippen molar-refractivity contribution in [2.45, 2.75) is 18.4 Å². The molecular weight excluding hydrogens is 583 g/mol. The normalized spacial score (nSPS) is 14.1. The van der Waals surface area contributed by atoms with Crippen molar-refractivity contribution >= 4 is 50.1 Å². The van der Waals surface area contributed by atoms with Crippen molar-refractivity contribution in [2.75, 3.05) is 29.5 Å². The number of fused-ring (bicyclic) bond motifs is 1. The van der Waals surface area contributed by atoms with E-state index >= 15 is 0 Å². The number of anilines is 1. The van der Waals surface area contributed by atoms with Crippen molar-refractivity contribution in [1.82, 2.24) is 13.5 Å². The molecule has 0 atom stereocenters. The van der Waals surface area contributed by atoms with Crippen molar-refractivity contribution in [3.8, 4) is 11.1 Å². The second-order valence-electron chi connectivity index (χ2n) is 9.92. The number of halogens is 2. The van der Waals surface area contributed by atoms with Gasteiger partial charge in [-0.1, -0.05) is 41.4 Å². The number of hydrogen-bond acceptors (Lipinski definition) is 6. The highest BCUT2D eigenvalue weighted by atomic mass is 35.5. The molecule has 1 saturated heterocycles. The lowest BCUT2D eigenvalue weighted by molar-refractivity contribution is 0.588. The fourth-order valence-corrected chi connectivity index (χ4v) is 7.38. The van der Waals surface area contributed by atoms with Gasteiger partial charge in [-0.05, 0) is 42.8 Å². The summed E-state index contributed by atoms with van der Waals surface area (Å²) in [5, 5.41) is 0.611. The molecule has 0 bridgehead atoms. The number of benzene rings is 2. The highest BCUT2D eigenvalue weighted by Gasteiger charge is 2.24. The Bertz CT molecular complexity index is 1930. The summed E-state index contributed by atoms with van der Waals surface area (Å²) in [6.45, 7) is 3.63. The maximum absolute atomic E-state index is 14.5. The summed E-state index contributed by atoms with van der Waals surface area (Å²) < 4.78 is 44.6. The van der Waals surface area contributed by atoms with Crippen LogP contribution in [0.2, 0.25) is 5.02 Å². The van der Waals surface area contributed by atoms with E-state index in [0.29, 0.717) is 22.1 Å². The third-order valence-electron chi connectivity index (χ3n) is 7.23. The van der Waals surface area contributed by atoms with Gasteiger partial charge in [0, 0.05) is 59.6 Å². The van der Waals surface area contributed by atoms with Crippen LogP contribution in [0.5, 0.6) is 0 Å². The zero-order valence-electron chi connectivity index (χ0n) is 22.1. The Morgan fingerprint density at radius 3 is 2.54 bits per heavy atom. The predicted octanol–water partition coefficient (Wildman–Crippen LogP) is 5.80. The van der Waals surface area contributed by atoms with E-state index in [1.165, 1.54) is 26.9 Å². The number of aryl methyl sites for hydroxylation is 1. The monoisotopic (exact) mass is 608 g/mol. The van der Waals surface area contributed by atoms with Crippen LogP contribution in [0.15, 0.2) is 88.9 Å². The van der Waals surface area contributed by atoms with Crippen molar-refractivity contribution < 1.29 is 12.8 Å². The van der Waals surface area contributed by atoms with Crippen LogP contribution in [0.4, 0.5) is 10.1 Å². The Balaban J connectivity index is 1.48. The first kappa shape index (κ1) is 27.6. The first-order valence-electron chi connectivity index (χ1n) is 13.0. The van der Waals surface area contributed by atoms with Crippen LogP contribution in [-0.2, 0) is 16.6 Å². The first-order chi connectivity index (χ1) is 19.7. The summed E-state index contributed by atoms with van der Waals surface area (Å²) in [6, 6.07) is 16.4. The SMILES string of the molecule is Cc1ccc(S(=O)(=O)n2cc(-c3ccn(Cc4cccc(Cl)c4F)c(=O)c3)c3cc(N4CCSCC4)cnc32)cc1. The summed E-state index contributed by atoms with van der Waals surface area (Å²) in [6.07, 6.45) is 4.81. The van der Waals surface area contributed by atoms with Crippen molar-refractivity contribution in [2.24, 2.45) is 0 Å². The van der Waals surface area contributed by atoms with Crippen molar-refractivity contribution in [3.05, 3.63) is 112 Å². The number of nitrogens with zero attached hydrogens (tertiary/aromatic N) is 4. The molecule has 0 spiro atoms. The quantitative estimate of drug-likeness (QED) is 0.242. The lowest BCUT2D eigenvalue weighted by Crippen LogP contribution is -2.32. The van der Waals surface area contributed by atoms with Crippen LogP contribution in [0.25, 0.3) is 22.2 Å². The van der Waals surface area contributed by atoms with E-state index in [0.717, 1.165) is 35.8 Å². The fraction of sp³-hybridized carbons (Fsp3) is 0.200. The molecule has 3 aromatic heterocycles. The Morgan fingerprint density at radius 1 is 1.05 bits per heavy atom. The average molecular weight is 609 g/mol. The molecule has 0 unspecified atom stereocenters. The molecule has 1 aliphatic heterocycles. The van der Waals surface area contributed by atoms with Gasteiger partial charge in [0.05, 0.1) is 28.3 Å². The lowest BCUT2D eigenvalue weighted by atomic mass is 10.1. The highest BCUT2D eigenvalue weighted by Crippen LogP contribution is 2.34. The maximum Gasteiger partial charge on any atom is 0.269 e. The number of hydrogen-bond donors (Lipinski definition) is 0. The molecule has 1 aliphatic rings. The summed E-state index contributed by atoms with van der Waals surface area (Å²) in [5.74, 6) is 1.43. The van der Waals surface area contributed by atoms with Gasteiger partial charge in [-0.3, -0.25) is 4.79 Å². The molecule has 0 N–H and O–H groups in total. The summed E-state index contributed by atoms with van der Waals surface area (Å²) in [7, 11) is -3.98. The summed E-state index contributed by atoms with van der Waals surface area (Å²) in [5.41, 5.74) is 3.16. The smallest absolute Gasteiger partial charge is 0.269 e. The van der Waals surface area contributed by atoms with Crippen LogP contribution in [0.1, 0.15) is 11.1 Å². The number of thioether (sulfide) groups is 1. The Hall–Kier alpha value is -3.60. The summed E-state index contributed by atoms with van der Waals surface area (Å²) >= 11 is 7.81. The minimum atomic E-state index is -3.98. The van der Waals surface area contributed by atoms with Gasteiger partial charge in [0.25, 0.3) is 15.6 Å². The van der Waals surface area contributed by atoms with E-state index in [-0.39, 0.29) is 27.7 Å². The zero-order valence-corrected chi connectivity index (χ0v) is 24.5. The van der Waals surface area contributed by atoms with Crippen LogP contribution in [0.3, 0.4) is 0 Å². The second-order valence-corrected chi connectivity index (χ2v) is 13.4. The maximum atomic E-state index is 14.5. The van der Waals surface area contributed by atoms with E-state index < -0.39 is 15.8 Å². The average Bonchev–Trinajstić information content (AvgIpc) is 3.37.